The number of ether oxygens (including phenoxy) is 2. The van der Waals surface area contributed by atoms with Crippen molar-refractivity contribution in [1.29, 1.82) is 0 Å². The van der Waals surface area contributed by atoms with Crippen LogP contribution < -0.4 is 10.1 Å². The van der Waals surface area contributed by atoms with E-state index in [4.69, 9.17) is 4.74 Å². The summed E-state index contributed by atoms with van der Waals surface area (Å²) >= 11 is 0. The molecule has 132 valence electrons. The molecule has 0 heterocycles. The molecule has 0 aliphatic heterocycles. The van der Waals surface area contributed by atoms with Gasteiger partial charge in [0.2, 0.25) is 0 Å². The second-order valence-electron chi connectivity index (χ2n) is 5.06. The van der Waals surface area contributed by atoms with Crippen LogP contribution in [-0.4, -0.2) is 24.8 Å². The molecule has 25 heavy (non-hydrogen) atoms. The molecule has 5 nitrogen and oxygen atoms in total. The van der Waals surface area contributed by atoms with Crippen molar-refractivity contribution in [2.24, 2.45) is 0 Å². The quantitative estimate of drug-likeness (QED) is 0.833. The Kier molecular flexibility index (Phi) is 5.63. The van der Waals surface area contributed by atoms with Gasteiger partial charge < -0.3 is 14.8 Å². The van der Waals surface area contributed by atoms with Gasteiger partial charge in [0.25, 0.3) is 5.91 Å². The van der Waals surface area contributed by atoms with Crippen molar-refractivity contribution >= 4 is 17.6 Å². The number of anilines is 1. The maximum atomic E-state index is 12.0. The molecule has 0 fully saturated rings. The van der Waals surface area contributed by atoms with E-state index in [9.17, 15) is 22.8 Å². The van der Waals surface area contributed by atoms with E-state index in [0.717, 1.165) is 17.7 Å². The highest BCUT2D eigenvalue weighted by Gasteiger charge is 2.30. The van der Waals surface area contributed by atoms with Crippen LogP contribution in [0.2, 0.25) is 0 Å². The molecule has 0 saturated heterocycles. The van der Waals surface area contributed by atoms with Crippen molar-refractivity contribution in [2.45, 2.75) is 13.3 Å². The lowest BCUT2D eigenvalue weighted by atomic mass is 10.1. The molecule has 0 atom stereocenters. The number of nitrogens with one attached hydrogen (secondary N) is 1. The van der Waals surface area contributed by atoms with Gasteiger partial charge in [0.1, 0.15) is 5.75 Å². The Labute approximate surface area is 141 Å². The lowest BCUT2D eigenvalue weighted by Crippen LogP contribution is -2.21. The number of aryl methyl sites for hydroxylation is 1. The highest BCUT2D eigenvalue weighted by molar-refractivity contribution is 5.95. The van der Waals surface area contributed by atoms with E-state index in [-0.39, 0.29) is 5.69 Å². The predicted molar refractivity (Wildman–Crippen MR) is 83.2 cm³/mol. The van der Waals surface area contributed by atoms with E-state index in [0.29, 0.717) is 5.56 Å². The zero-order valence-electron chi connectivity index (χ0n) is 13.1. The van der Waals surface area contributed by atoms with Crippen molar-refractivity contribution < 1.29 is 32.2 Å². The van der Waals surface area contributed by atoms with E-state index in [1.807, 2.05) is 6.92 Å². The van der Waals surface area contributed by atoms with Gasteiger partial charge in [-0.1, -0.05) is 17.7 Å². The number of carbonyl (C=O) groups excluding carboxylic acids is 2. The lowest BCUT2D eigenvalue weighted by Gasteiger charge is -2.10. The van der Waals surface area contributed by atoms with Crippen molar-refractivity contribution in [3.63, 3.8) is 0 Å². The molecule has 0 bridgehead atoms. The van der Waals surface area contributed by atoms with Gasteiger partial charge in [0.05, 0.1) is 5.56 Å². The molecule has 0 aliphatic rings. The predicted octanol–water partition coefficient (Wildman–Crippen LogP) is 3.69. The first-order valence-electron chi connectivity index (χ1n) is 7.12. The molecule has 1 amide bonds. The SMILES string of the molecule is Cc1ccc(C(=O)OCC(=O)Nc2ccc(OC(F)(F)F)cc2)cc1. The Morgan fingerprint density at radius 3 is 2.16 bits per heavy atom. The van der Waals surface area contributed by atoms with E-state index in [1.165, 1.54) is 12.1 Å². The summed E-state index contributed by atoms with van der Waals surface area (Å²) in [5, 5.41) is 2.39. The summed E-state index contributed by atoms with van der Waals surface area (Å²) in [6, 6.07) is 11.2. The fourth-order valence-electron chi connectivity index (χ4n) is 1.84. The number of benzene rings is 2. The zero-order chi connectivity index (χ0) is 18.4. The van der Waals surface area contributed by atoms with Crippen molar-refractivity contribution in [3.8, 4) is 5.75 Å². The van der Waals surface area contributed by atoms with Crippen LogP contribution in [-0.2, 0) is 9.53 Å². The molecule has 0 radical (unpaired) electrons. The minimum Gasteiger partial charge on any atom is -0.452 e. The Morgan fingerprint density at radius 2 is 1.60 bits per heavy atom. The van der Waals surface area contributed by atoms with Gasteiger partial charge in [0, 0.05) is 5.69 Å². The molecule has 0 spiro atoms. The monoisotopic (exact) mass is 353 g/mol. The van der Waals surface area contributed by atoms with Crippen LogP contribution in [0, 0.1) is 6.92 Å². The number of carbonyl (C=O) groups is 2. The molecular formula is C17H14F3NO4. The second-order valence-corrected chi connectivity index (χ2v) is 5.06. The third-order valence-electron chi connectivity index (χ3n) is 2.99. The fourth-order valence-corrected chi connectivity index (χ4v) is 1.84. The molecule has 1 N–H and O–H groups in total. The van der Waals surface area contributed by atoms with Crippen LogP contribution in [0.4, 0.5) is 18.9 Å². The smallest absolute Gasteiger partial charge is 0.452 e. The molecule has 2 aromatic carbocycles. The van der Waals surface area contributed by atoms with E-state index < -0.39 is 30.6 Å². The maximum Gasteiger partial charge on any atom is 0.573 e. The Morgan fingerprint density at radius 1 is 1.00 bits per heavy atom. The Bertz CT molecular complexity index is 740. The van der Waals surface area contributed by atoms with Crippen molar-refractivity contribution in [1.82, 2.24) is 0 Å². The van der Waals surface area contributed by atoms with Gasteiger partial charge in [-0.2, -0.15) is 0 Å². The average molecular weight is 353 g/mol. The minimum atomic E-state index is -4.78. The lowest BCUT2D eigenvalue weighted by molar-refractivity contribution is -0.274. The molecule has 0 unspecified atom stereocenters. The zero-order valence-corrected chi connectivity index (χ0v) is 13.1. The standard InChI is InChI=1S/C17H14F3NO4/c1-11-2-4-12(5-3-11)16(23)24-10-15(22)21-13-6-8-14(9-7-13)25-17(18,19)20/h2-9H,10H2,1H3,(H,21,22). The summed E-state index contributed by atoms with van der Waals surface area (Å²) in [4.78, 5) is 23.5. The van der Waals surface area contributed by atoms with Crippen LogP contribution in [0.5, 0.6) is 5.75 Å². The number of hydrogen-bond donors (Lipinski definition) is 1. The number of halogens is 3. The van der Waals surface area contributed by atoms with Crippen molar-refractivity contribution in [2.75, 3.05) is 11.9 Å². The molecule has 2 rings (SSSR count). The summed E-state index contributed by atoms with van der Waals surface area (Å²) < 4.78 is 44.7. The first kappa shape index (κ1) is 18.3. The van der Waals surface area contributed by atoms with Crippen LogP contribution in [0.25, 0.3) is 0 Å². The highest BCUT2D eigenvalue weighted by Crippen LogP contribution is 2.23. The van der Waals surface area contributed by atoms with Gasteiger partial charge in [0.15, 0.2) is 6.61 Å². The summed E-state index contributed by atoms with van der Waals surface area (Å²) in [6.45, 7) is 1.35. The molecule has 0 aliphatic carbocycles. The number of alkyl halides is 3. The largest absolute Gasteiger partial charge is 0.573 e. The van der Waals surface area contributed by atoms with Crippen molar-refractivity contribution in [3.05, 3.63) is 59.7 Å². The van der Waals surface area contributed by atoms with E-state index in [1.54, 1.807) is 24.3 Å². The van der Waals surface area contributed by atoms with Gasteiger partial charge in [-0.05, 0) is 43.3 Å². The number of amides is 1. The average Bonchev–Trinajstić information content (AvgIpc) is 2.54. The highest BCUT2D eigenvalue weighted by atomic mass is 19.4. The van der Waals surface area contributed by atoms with E-state index in [2.05, 4.69) is 10.1 Å². The third-order valence-corrected chi connectivity index (χ3v) is 2.99. The summed E-state index contributed by atoms with van der Waals surface area (Å²) in [5.41, 5.74) is 1.53. The molecular weight excluding hydrogens is 339 g/mol. The van der Waals surface area contributed by atoms with Gasteiger partial charge in [-0.25, -0.2) is 4.79 Å². The minimum absolute atomic E-state index is 0.242. The number of hydrogen-bond acceptors (Lipinski definition) is 4. The third kappa shape index (κ3) is 6.17. The Balaban J connectivity index is 1.83. The maximum absolute atomic E-state index is 12.0. The Hall–Kier alpha value is -3.03. The molecule has 0 saturated carbocycles. The first-order chi connectivity index (χ1) is 11.7. The summed E-state index contributed by atoms with van der Waals surface area (Å²) in [6.07, 6.45) is -4.78. The van der Waals surface area contributed by atoms with Gasteiger partial charge >= 0.3 is 12.3 Å². The van der Waals surface area contributed by atoms with Gasteiger partial charge in [-0.3, -0.25) is 4.79 Å². The molecule has 8 heteroatoms. The first-order valence-corrected chi connectivity index (χ1v) is 7.12. The van der Waals surface area contributed by atoms with Crippen LogP contribution in [0.1, 0.15) is 15.9 Å². The second kappa shape index (κ2) is 7.69. The fraction of sp³-hybridized carbons (Fsp3) is 0.176. The van der Waals surface area contributed by atoms with Crippen LogP contribution >= 0.6 is 0 Å². The molecule has 2 aromatic rings. The van der Waals surface area contributed by atoms with Crippen LogP contribution in [0.15, 0.2) is 48.5 Å². The number of rotatable bonds is 5. The van der Waals surface area contributed by atoms with Crippen LogP contribution in [0.3, 0.4) is 0 Å². The topological polar surface area (TPSA) is 64.6 Å². The molecule has 0 aromatic heterocycles. The number of esters is 1. The van der Waals surface area contributed by atoms with Gasteiger partial charge in [-0.15, -0.1) is 13.2 Å². The summed E-state index contributed by atoms with van der Waals surface area (Å²) in [7, 11) is 0. The van der Waals surface area contributed by atoms with E-state index >= 15 is 0 Å². The summed E-state index contributed by atoms with van der Waals surface area (Å²) in [5.74, 6) is -1.68. The normalized spacial score (nSPS) is 10.9.